The lowest BCUT2D eigenvalue weighted by Gasteiger charge is -2.18. The zero-order valence-electron chi connectivity index (χ0n) is 8.94. The summed E-state index contributed by atoms with van der Waals surface area (Å²) < 4.78 is 0. The summed E-state index contributed by atoms with van der Waals surface area (Å²) in [4.78, 5) is 33.5. The number of nitrogens with two attached hydrogens (primary N) is 1. The van der Waals surface area contributed by atoms with Crippen molar-refractivity contribution in [2.24, 2.45) is 5.73 Å². The first-order valence-electron chi connectivity index (χ1n) is 5.31. The number of Topliss-reactive ketones (excluding diaryl/α,β-unsaturated/α-hetero) is 1. The fraction of sp³-hybridized carbons (Fsp3) is 0.700. The minimum absolute atomic E-state index is 0.0102. The number of carboxylic acids is 1. The number of carbonyl (C=O) groups is 3. The third-order valence-electron chi connectivity index (χ3n) is 2.65. The predicted octanol–water partition coefficient (Wildman–Crippen LogP) is -0.584. The lowest BCUT2D eigenvalue weighted by Crippen LogP contribution is -2.42. The summed E-state index contributed by atoms with van der Waals surface area (Å²) in [6.07, 6.45) is 1.39. The lowest BCUT2D eigenvalue weighted by molar-refractivity contribution is -0.142. The SMILES string of the molecule is NC1CCC[C@@H](C(=O)O)NC(=O)CCC1=O. The molecule has 4 N–H and O–H groups in total. The third kappa shape index (κ3) is 3.62. The molecule has 6 nitrogen and oxygen atoms in total. The highest BCUT2D eigenvalue weighted by Crippen LogP contribution is 2.09. The van der Waals surface area contributed by atoms with Gasteiger partial charge >= 0.3 is 5.97 Å². The molecule has 1 rings (SSSR count). The molecule has 1 unspecified atom stereocenters. The Balaban J connectivity index is 2.63. The number of carbonyl (C=O) groups excluding carboxylic acids is 2. The molecule has 0 aromatic carbocycles. The van der Waals surface area contributed by atoms with Crippen LogP contribution in [0.2, 0.25) is 0 Å². The van der Waals surface area contributed by atoms with E-state index in [2.05, 4.69) is 5.32 Å². The largest absolute Gasteiger partial charge is 0.480 e. The molecule has 0 aliphatic carbocycles. The molecule has 0 saturated carbocycles. The van der Waals surface area contributed by atoms with Crippen molar-refractivity contribution in [1.82, 2.24) is 5.32 Å². The van der Waals surface area contributed by atoms with E-state index >= 15 is 0 Å². The number of aliphatic carboxylic acids is 1. The van der Waals surface area contributed by atoms with Crippen LogP contribution in [0.15, 0.2) is 0 Å². The van der Waals surface area contributed by atoms with Gasteiger partial charge in [0.1, 0.15) is 11.8 Å². The molecule has 1 fully saturated rings. The molecule has 0 aromatic heterocycles. The van der Waals surface area contributed by atoms with Crippen molar-refractivity contribution >= 4 is 17.7 Å². The summed E-state index contributed by atoms with van der Waals surface area (Å²) in [7, 11) is 0. The van der Waals surface area contributed by atoms with E-state index in [-0.39, 0.29) is 18.6 Å². The normalized spacial score (nSPS) is 28.3. The van der Waals surface area contributed by atoms with E-state index in [0.29, 0.717) is 19.3 Å². The van der Waals surface area contributed by atoms with Crippen molar-refractivity contribution in [3.8, 4) is 0 Å². The number of rotatable bonds is 1. The zero-order chi connectivity index (χ0) is 12.1. The quantitative estimate of drug-likeness (QED) is 0.556. The molecule has 16 heavy (non-hydrogen) atoms. The second-order valence-electron chi connectivity index (χ2n) is 3.96. The van der Waals surface area contributed by atoms with Gasteiger partial charge in [0.05, 0.1) is 6.04 Å². The molecule has 1 aliphatic heterocycles. The highest BCUT2D eigenvalue weighted by Gasteiger charge is 2.23. The summed E-state index contributed by atoms with van der Waals surface area (Å²) in [6, 6.07) is -1.44. The van der Waals surface area contributed by atoms with E-state index in [9.17, 15) is 14.4 Å². The Morgan fingerprint density at radius 1 is 1.31 bits per heavy atom. The van der Waals surface area contributed by atoms with E-state index in [1.807, 2.05) is 0 Å². The van der Waals surface area contributed by atoms with Crippen LogP contribution in [0.25, 0.3) is 0 Å². The van der Waals surface area contributed by atoms with Crippen molar-refractivity contribution in [2.45, 2.75) is 44.2 Å². The van der Waals surface area contributed by atoms with Crippen LogP contribution in [-0.2, 0) is 14.4 Å². The summed E-state index contributed by atoms with van der Waals surface area (Å²) in [5.41, 5.74) is 5.61. The minimum Gasteiger partial charge on any atom is -0.480 e. The third-order valence-corrected chi connectivity index (χ3v) is 2.65. The summed E-state index contributed by atoms with van der Waals surface area (Å²) in [5.74, 6) is -1.59. The van der Waals surface area contributed by atoms with Crippen LogP contribution in [0.1, 0.15) is 32.1 Å². The molecule has 1 aliphatic rings. The van der Waals surface area contributed by atoms with Gasteiger partial charge in [0, 0.05) is 12.8 Å². The Morgan fingerprint density at radius 3 is 2.62 bits per heavy atom. The zero-order valence-corrected chi connectivity index (χ0v) is 8.94. The van der Waals surface area contributed by atoms with Gasteiger partial charge in [-0.3, -0.25) is 9.59 Å². The molecule has 1 saturated heterocycles. The van der Waals surface area contributed by atoms with Crippen LogP contribution >= 0.6 is 0 Å². The maximum absolute atomic E-state index is 11.4. The van der Waals surface area contributed by atoms with Gasteiger partial charge in [-0.05, 0) is 19.3 Å². The van der Waals surface area contributed by atoms with Gasteiger partial charge in [0.15, 0.2) is 0 Å². The monoisotopic (exact) mass is 228 g/mol. The Labute approximate surface area is 93.2 Å². The number of ketones is 1. The maximum Gasteiger partial charge on any atom is 0.326 e. The van der Waals surface area contributed by atoms with Gasteiger partial charge in [0.25, 0.3) is 0 Å². The highest BCUT2D eigenvalue weighted by atomic mass is 16.4. The van der Waals surface area contributed by atoms with Gasteiger partial charge in [0.2, 0.25) is 5.91 Å². The van der Waals surface area contributed by atoms with Crippen molar-refractivity contribution in [3.63, 3.8) is 0 Å². The van der Waals surface area contributed by atoms with Gasteiger partial charge in [-0.2, -0.15) is 0 Å². The first kappa shape index (κ1) is 12.6. The molecule has 0 spiro atoms. The van der Waals surface area contributed by atoms with Crippen molar-refractivity contribution < 1.29 is 19.5 Å². The second-order valence-corrected chi connectivity index (χ2v) is 3.96. The molecule has 6 heteroatoms. The van der Waals surface area contributed by atoms with Crippen molar-refractivity contribution in [2.75, 3.05) is 0 Å². The average Bonchev–Trinajstić information content (AvgIpc) is 2.23. The van der Waals surface area contributed by atoms with Crippen LogP contribution in [0.3, 0.4) is 0 Å². The Bertz CT molecular complexity index is 303. The first-order chi connectivity index (χ1) is 7.50. The molecular weight excluding hydrogens is 212 g/mol. The van der Waals surface area contributed by atoms with Gasteiger partial charge in [-0.25, -0.2) is 4.79 Å². The van der Waals surface area contributed by atoms with E-state index < -0.39 is 24.0 Å². The Morgan fingerprint density at radius 2 is 2.00 bits per heavy atom. The van der Waals surface area contributed by atoms with Gasteiger partial charge in [-0.15, -0.1) is 0 Å². The second kappa shape index (κ2) is 5.60. The number of amides is 1. The Hall–Kier alpha value is -1.43. The number of nitrogens with one attached hydrogen (secondary N) is 1. The van der Waals surface area contributed by atoms with Crippen LogP contribution < -0.4 is 11.1 Å². The van der Waals surface area contributed by atoms with Gasteiger partial charge in [-0.1, -0.05) is 0 Å². The molecule has 2 atom stereocenters. The predicted molar refractivity (Wildman–Crippen MR) is 55.6 cm³/mol. The van der Waals surface area contributed by atoms with E-state index in [0.717, 1.165) is 0 Å². The average molecular weight is 228 g/mol. The smallest absolute Gasteiger partial charge is 0.326 e. The molecule has 1 heterocycles. The van der Waals surface area contributed by atoms with Crippen molar-refractivity contribution in [3.05, 3.63) is 0 Å². The van der Waals surface area contributed by atoms with Crippen LogP contribution in [0.4, 0.5) is 0 Å². The highest BCUT2D eigenvalue weighted by molar-refractivity contribution is 5.89. The van der Waals surface area contributed by atoms with Crippen LogP contribution in [0, 0.1) is 0 Å². The summed E-state index contributed by atoms with van der Waals surface area (Å²) in [5, 5.41) is 11.2. The number of hydrogen-bond donors (Lipinski definition) is 3. The van der Waals surface area contributed by atoms with Crippen LogP contribution in [0.5, 0.6) is 0 Å². The maximum atomic E-state index is 11.4. The van der Waals surface area contributed by atoms with Gasteiger partial charge < -0.3 is 16.2 Å². The van der Waals surface area contributed by atoms with E-state index in [1.165, 1.54) is 0 Å². The molecular formula is C10H16N2O4. The minimum atomic E-state index is -1.05. The summed E-state index contributed by atoms with van der Waals surface area (Å²) >= 11 is 0. The molecule has 1 amide bonds. The number of carboxylic acid groups (broad SMARTS) is 1. The lowest BCUT2D eigenvalue weighted by atomic mass is 9.99. The molecule has 0 bridgehead atoms. The number of hydrogen-bond acceptors (Lipinski definition) is 4. The molecule has 90 valence electrons. The van der Waals surface area contributed by atoms with Crippen molar-refractivity contribution in [1.29, 1.82) is 0 Å². The Kier molecular flexibility index (Phi) is 4.42. The topological polar surface area (TPSA) is 109 Å². The van der Waals surface area contributed by atoms with Crippen LogP contribution in [-0.4, -0.2) is 34.8 Å². The standard InChI is InChI=1S/C10H16N2O4/c11-6-2-1-3-7(10(15)16)12-9(14)5-4-8(6)13/h6-7H,1-5,11H2,(H,12,14)(H,15,16)/t6?,7-/m0/s1. The van der Waals surface area contributed by atoms with E-state index in [1.54, 1.807) is 0 Å². The fourth-order valence-electron chi connectivity index (χ4n) is 1.65. The fourth-order valence-corrected chi connectivity index (χ4v) is 1.65. The molecule has 0 radical (unpaired) electrons. The molecule has 0 aromatic rings. The first-order valence-corrected chi connectivity index (χ1v) is 5.31. The van der Waals surface area contributed by atoms with E-state index in [4.69, 9.17) is 10.8 Å². The summed E-state index contributed by atoms with van der Waals surface area (Å²) in [6.45, 7) is 0.